The van der Waals surface area contributed by atoms with Gasteiger partial charge in [-0.25, -0.2) is 0 Å². The number of hydrogen-bond acceptors (Lipinski definition) is 6. The highest BCUT2D eigenvalue weighted by Gasteiger charge is 2.30. The number of amides is 4. The van der Waals surface area contributed by atoms with Crippen molar-refractivity contribution in [1.82, 2.24) is 20.9 Å². The third-order valence-corrected chi connectivity index (χ3v) is 5.84. The van der Waals surface area contributed by atoms with Crippen LogP contribution in [0.5, 0.6) is 0 Å². The van der Waals surface area contributed by atoms with Crippen LogP contribution in [0.2, 0.25) is 0 Å². The molecule has 202 valence electrons. The Morgan fingerprint density at radius 2 is 1.57 bits per heavy atom. The Morgan fingerprint density at radius 3 is 2.19 bits per heavy atom. The second kappa shape index (κ2) is 13.4. The van der Waals surface area contributed by atoms with Gasteiger partial charge in [-0.05, 0) is 37.3 Å². The van der Waals surface area contributed by atoms with Crippen molar-refractivity contribution in [2.75, 3.05) is 0 Å². The van der Waals surface area contributed by atoms with E-state index in [4.69, 9.17) is 11.5 Å². The summed E-state index contributed by atoms with van der Waals surface area (Å²) in [6.07, 6.45) is 1.84. The monoisotopic (exact) mass is 516 g/mol. The fourth-order valence-electron chi connectivity index (χ4n) is 3.83. The molecule has 0 aliphatic heterocycles. The quantitative estimate of drug-likeness (QED) is 0.181. The van der Waals surface area contributed by atoms with E-state index in [-0.39, 0.29) is 25.2 Å². The number of fused-ring (bicyclic) bond motifs is 1. The number of rotatable bonds is 14. The van der Waals surface area contributed by atoms with Crippen LogP contribution in [0.25, 0.3) is 10.9 Å². The Kier molecular flexibility index (Phi) is 10.6. The number of aromatic nitrogens is 1. The molecule has 0 bridgehead atoms. The van der Waals surface area contributed by atoms with Crippen molar-refractivity contribution in [2.45, 2.75) is 70.6 Å². The predicted molar refractivity (Wildman–Crippen MR) is 137 cm³/mol. The SMILES string of the molecule is CC(C)CC(N)C(=O)NC(CCC(N)=O)C(=O)NC(Cc1c[nH]c2ccccc12)C(=O)NC(C)C(=O)O. The zero-order valence-electron chi connectivity index (χ0n) is 21.2. The maximum absolute atomic E-state index is 13.2. The highest BCUT2D eigenvalue weighted by atomic mass is 16.4. The van der Waals surface area contributed by atoms with Crippen LogP contribution in [0.15, 0.2) is 30.5 Å². The van der Waals surface area contributed by atoms with Crippen molar-refractivity contribution in [3.05, 3.63) is 36.0 Å². The van der Waals surface area contributed by atoms with Crippen LogP contribution in [0.1, 0.15) is 45.6 Å². The molecule has 0 radical (unpaired) electrons. The fraction of sp³-hybridized carbons (Fsp3) is 0.480. The number of primary amides is 1. The molecule has 37 heavy (non-hydrogen) atoms. The Balaban J connectivity index is 2.28. The molecule has 0 saturated carbocycles. The van der Waals surface area contributed by atoms with E-state index in [9.17, 15) is 29.1 Å². The van der Waals surface area contributed by atoms with E-state index in [1.165, 1.54) is 6.92 Å². The van der Waals surface area contributed by atoms with Crippen LogP contribution in [0.3, 0.4) is 0 Å². The normalized spacial score (nSPS) is 14.4. The molecule has 0 spiro atoms. The molecule has 12 heteroatoms. The molecule has 2 aromatic rings. The molecule has 4 atom stereocenters. The van der Waals surface area contributed by atoms with Gasteiger partial charge in [0.25, 0.3) is 0 Å². The lowest BCUT2D eigenvalue weighted by molar-refractivity contribution is -0.141. The minimum Gasteiger partial charge on any atom is -0.480 e. The van der Waals surface area contributed by atoms with Gasteiger partial charge in [0.1, 0.15) is 18.1 Å². The van der Waals surface area contributed by atoms with Crippen LogP contribution >= 0.6 is 0 Å². The van der Waals surface area contributed by atoms with Crippen molar-refractivity contribution in [2.24, 2.45) is 17.4 Å². The first-order chi connectivity index (χ1) is 17.4. The number of aliphatic carboxylic acids is 1. The van der Waals surface area contributed by atoms with Gasteiger partial charge in [-0.3, -0.25) is 24.0 Å². The fourth-order valence-corrected chi connectivity index (χ4v) is 3.83. The summed E-state index contributed by atoms with van der Waals surface area (Å²) in [5, 5.41) is 17.6. The minimum atomic E-state index is -1.24. The van der Waals surface area contributed by atoms with E-state index >= 15 is 0 Å². The first-order valence-corrected chi connectivity index (χ1v) is 12.1. The number of carbonyl (C=O) groups excluding carboxylic acids is 4. The molecule has 0 aliphatic rings. The highest BCUT2D eigenvalue weighted by Crippen LogP contribution is 2.19. The summed E-state index contributed by atoms with van der Waals surface area (Å²) in [5.74, 6) is -3.79. The van der Waals surface area contributed by atoms with Crippen molar-refractivity contribution in [3.63, 3.8) is 0 Å². The largest absolute Gasteiger partial charge is 0.480 e. The first-order valence-electron chi connectivity index (χ1n) is 12.1. The Labute approximate surface area is 214 Å². The molecule has 12 nitrogen and oxygen atoms in total. The zero-order chi connectivity index (χ0) is 27.7. The average Bonchev–Trinajstić information content (AvgIpc) is 3.23. The van der Waals surface area contributed by atoms with Gasteiger partial charge in [-0.15, -0.1) is 0 Å². The summed E-state index contributed by atoms with van der Waals surface area (Å²) in [7, 11) is 0. The third kappa shape index (κ3) is 8.90. The molecule has 0 aliphatic carbocycles. The topological polar surface area (TPSA) is 209 Å². The van der Waals surface area contributed by atoms with Gasteiger partial charge in [-0.2, -0.15) is 0 Å². The number of carboxylic acid groups (broad SMARTS) is 1. The number of carboxylic acids is 1. The van der Waals surface area contributed by atoms with Crippen molar-refractivity contribution in [1.29, 1.82) is 0 Å². The number of nitrogens with one attached hydrogen (secondary N) is 4. The number of H-pyrrole nitrogens is 1. The summed E-state index contributed by atoms with van der Waals surface area (Å²) in [5.41, 5.74) is 12.7. The Morgan fingerprint density at radius 1 is 0.946 bits per heavy atom. The van der Waals surface area contributed by atoms with Crippen molar-refractivity contribution >= 4 is 40.5 Å². The summed E-state index contributed by atoms with van der Waals surface area (Å²) in [6, 6.07) is 2.95. The zero-order valence-corrected chi connectivity index (χ0v) is 21.2. The molecule has 0 fully saturated rings. The summed E-state index contributed by atoms with van der Waals surface area (Å²) in [6.45, 7) is 5.10. The molecule has 9 N–H and O–H groups in total. The number of benzene rings is 1. The van der Waals surface area contributed by atoms with Crippen LogP contribution in [-0.2, 0) is 30.4 Å². The average molecular weight is 517 g/mol. The highest BCUT2D eigenvalue weighted by molar-refractivity contribution is 5.95. The number of aromatic amines is 1. The van der Waals surface area contributed by atoms with E-state index < -0.39 is 53.8 Å². The predicted octanol–water partition coefficient (Wildman–Crippen LogP) is -0.0918. The van der Waals surface area contributed by atoms with E-state index in [1.807, 2.05) is 38.1 Å². The molecule has 1 heterocycles. The molecule has 2 rings (SSSR count). The summed E-state index contributed by atoms with van der Waals surface area (Å²) >= 11 is 0. The van der Waals surface area contributed by atoms with Crippen LogP contribution in [-0.4, -0.2) is 63.9 Å². The van der Waals surface area contributed by atoms with Crippen LogP contribution in [0, 0.1) is 5.92 Å². The van der Waals surface area contributed by atoms with E-state index in [0.717, 1.165) is 16.5 Å². The van der Waals surface area contributed by atoms with Gasteiger partial charge in [0.15, 0.2) is 0 Å². The molecule has 4 amide bonds. The van der Waals surface area contributed by atoms with E-state index in [0.29, 0.717) is 6.42 Å². The van der Waals surface area contributed by atoms with Gasteiger partial charge < -0.3 is 37.5 Å². The third-order valence-electron chi connectivity index (χ3n) is 5.84. The second-order valence-electron chi connectivity index (χ2n) is 9.50. The van der Waals surface area contributed by atoms with Gasteiger partial charge in [0.2, 0.25) is 23.6 Å². The maximum atomic E-state index is 13.2. The van der Waals surface area contributed by atoms with Gasteiger partial charge >= 0.3 is 5.97 Å². The summed E-state index contributed by atoms with van der Waals surface area (Å²) < 4.78 is 0. The lowest BCUT2D eigenvalue weighted by Crippen LogP contribution is -2.57. The van der Waals surface area contributed by atoms with Crippen molar-refractivity contribution < 1.29 is 29.1 Å². The first kappa shape index (κ1) is 29.3. The molecular weight excluding hydrogens is 480 g/mol. The van der Waals surface area contributed by atoms with Gasteiger partial charge in [0.05, 0.1) is 6.04 Å². The molecular formula is C25H36N6O6. The van der Waals surface area contributed by atoms with E-state index in [2.05, 4.69) is 20.9 Å². The number of nitrogens with two attached hydrogens (primary N) is 2. The number of para-hydroxylation sites is 1. The number of hydrogen-bond donors (Lipinski definition) is 7. The minimum absolute atomic E-state index is 0.0390. The maximum Gasteiger partial charge on any atom is 0.325 e. The van der Waals surface area contributed by atoms with Crippen molar-refractivity contribution in [3.8, 4) is 0 Å². The standard InChI is InChI=1S/C25H36N6O6/c1-13(2)10-17(26)22(33)30-19(8-9-21(27)32)23(34)31-20(24(35)29-14(3)25(36)37)11-15-12-28-18-7-5-4-6-16(15)18/h4-7,12-14,17,19-20,28H,8-11,26H2,1-3H3,(H2,27,32)(H,29,35)(H,30,33)(H,31,34)(H,36,37). The summed E-state index contributed by atoms with van der Waals surface area (Å²) in [4.78, 5) is 64.6. The molecule has 4 unspecified atom stereocenters. The van der Waals surface area contributed by atoms with Crippen LogP contribution in [0.4, 0.5) is 0 Å². The Hall–Kier alpha value is -3.93. The lowest BCUT2D eigenvalue weighted by atomic mass is 10.0. The molecule has 1 aromatic heterocycles. The van der Waals surface area contributed by atoms with E-state index in [1.54, 1.807) is 6.20 Å². The van der Waals surface area contributed by atoms with Gasteiger partial charge in [-0.1, -0.05) is 32.0 Å². The number of carbonyl (C=O) groups is 5. The Bertz CT molecular complexity index is 1130. The van der Waals surface area contributed by atoms with Gasteiger partial charge in [0, 0.05) is 29.9 Å². The smallest absolute Gasteiger partial charge is 0.325 e. The lowest BCUT2D eigenvalue weighted by Gasteiger charge is -2.25. The molecule has 1 aromatic carbocycles. The molecule has 0 saturated heterocycles. The van der Waals surface area contributed by atoms with Crippen LogP contribution < -0.4 is 27.4 Å². The second-order valence-corrected chi connectivity index (χ2v) is 9.50.